The van der Waals surface area contributed by atoms with Crippen molar-refractivity contribution >= 4 is 11.0 Å². The molecular formula is C15H21FN2O. The van der Waals surface area contributed by atoms with Crippen LogP contribution in [-0.2, 0) is 6.54 Å². The van der Waals surface area contributed by atoms with E-state index in [0.29, 0.717) is 12.6 Å². The summed E-state index contributed by atoms with van der Waals surface area (Å²) in [5, 5.41) is 7.52. The van der Waals surface area contributed by atoms with Gasteiger partial charge in [0.15, 0.2) is 0 Å². The van der Waals surface area contributed by atoms with Crippen molar-refractivity contribution in [2.24, 2.45) is 0 Å². The number of halogens is 1. The second kappa shape index (κ2) is 6.17. The van der Waals surface area contributed by atoms with Crippen LogP contribution in [0.5, 0.6) is 0 Å². The van der Waals surface area contributed by atoms with Crippen LogP contribution in [0.1, 0.15) is 25.2 Å². The van der Waals surface area contributed by atoms with Crippen molar-refractivity contribution < 1.29 is 8.81 Å². The largest absolute Gasteiger partial charge is 0.459 e. The molecule has 2 N–H and O–H groups in total. The van der Waals surface area contributed by atoms with Crippen molar-refractivity contribution in [2.75, 3.05) is 13.1 Å². The fraction of sp³-hybridized carbons (Fsp3) is 0.467. The lowest BCUT2D eigenvalue weighted by Crippen LogP contribution is -2.31. The highest BCUT2D eigenvalue weighted by Gasteiger charge is 2.10. The van der Waals surface area contributed by atoms with E-state index in [4.69, 9.17) is 4.42 Å². The second-order valence-electron chi connectivity index (χ2n) is 5.08. The molecule has 2 aromatic rings. The number of fused-ring (bicyclic) bond motifs is 1. The van der Waals surface area contributed by atoms with Gasteiger partial charge in [0.2, 0.25) is 0 Å². The normalized spacial score (nSPS) is 11.6. The molecule has 0 fully saturated rings. The molecule has 104 valence electrons. The summed E-state index contributed by atoms with van der Waals surface area (Å²) in [6.45, 7) is 8.68. The average molecular weight is 264 g/mol. The highest BCUT2D eigenvalue weighted by molar-refractivity contribution is 5.82. The number of rotatable bonds is 6. The van der Waals surface area contributed by atoms with Gasteiger partial charge in [-0.05, 0) is 30.7 Å². The van der Waals surface area contributed by atoms with Crippen molar-refractivity contribution in [3.05, 3.63) is 35.3 Å². The second-order valence-corrected chi connectivity index (χ2v) is 5.08. The molecule has 0 aliphatic rings. The van der Waals surface area contributed by atoms with Crippen LogP contribution in [0, 0.1) is 12.7 Å². The van der Waals surface area contributed by atoms with Crippen molar-refractivity contribution in [1.29, 1.82) is 0 Å². The lowest BCUT2D eigenvalue weighted by atomic mass is 10.1. The van der Waals surface area contributed by atoms with Crippen LogP contribution in [-0.4, -0.2) is 19.1 Å². The molecular weight excluding hydrogens is 243 g/mol. The number of hydrogen-bond donors (Lipinski definition) is 2. The Labute approximate surface area is 113 Å². The Bertz CT molecular complexity index is 548. The standard InChI is InChI=1S/C15H21FN2O/c1-10(2)18-7-6-17-9-15-11(3)13-8-12(16)4-5-14(13)19-15/h4-5,8,10,17-18H,6-7,9H2,1-3H3. The zero-order chi connectivity index (χ0) is 13.8. The van der Waals surface area contributed by atoms with Crippen LogP contribution < -0.4 is 10.6 Å². The summed E-state index contributed by atoms with van der Waals surface area (Å²) in [4.78, 5) is 0. The third kappa shape index (κ3) is 3.55. The quantitative estimate of drug-likeness (QED) is 0.788. The third-order valence-electron chi connectivity index (χ3n) is 3.14. The van der Waals surface area contributed by atoms with E-state index in [1.807, 2.05) is 6.92 Å². The lowest BCUT2D eigenvalue weighted by molar-refractivity contribution is 0.496. The predicted molar refractivity (Wildman–Crippen MR) is 75.8 cm³/mol. The van der Waals surface area contributed by atoms with Crippen LogP contribution in [0.25, 0.3) is 11.0 Å². The molecule has 4 heteroatoms. The highest BCUT2D eigenvalue weighted by atomic mass is 19.1. The molecule has 0 saturated heterocycles. The molecule has 0 bridgehead atoms. The van der Waals surface area contributed by atoms with E-state index in [0.717, 1.165) is 35.4 Å². The van der Waals surface area contributed by atoms with E-state index in [1.165, 1.54) is 12.1 Å². The number of nitrogens with one attached hydrogen (secondary N) is 2. The molecule has 1 heterocycles. The Morgan fingerprint density at radius 2 is 2.05 bits per heavy atom. The van der Waals surface area contributed by atoms with E-state index in [-0.39, 0.29) is 5.82 Å². The van der Waals surface area contributed by atoms with Gasteiger partial charge in [-0.1, -0.05) is 13.8 Å². The van der Waals surface area contributed by atoms with Gasteiger partial charge in [0, 0.05) is 24.5 Å². The van der Waals surface area contributed by atoms with E-state index >= 15 is 0 Å². The first-order valence-corrected chi connectivity index (χ1v) is 6.69. The molecule has 2 rings (SSSR count). The van der Waals surface area contributed by atoms with E-state index in [1.54, 1.807) is 6.07 Å². The molecule has 1 aromatic carbocycles. The zero-order valence-corrected chi connectivity index (χ0v) is 11.7. The van der Waals surface area contributed by atoms with E-state index in [2.05, 4.69) is 24.5 Å². The number of benzene rings is 1. The molecule has 0 radical (unpaired) electrons. The predicted octanol–water partition coefficient (Wildman–Crippen LogP) is 2.97. The summed E-state index contributed by atoms with van der Waals surface area (Å²) in [7, 11) is 0. The lowest BCUT2D eigenvalue weighted by Gasteiger charge is -2.08. The molecule has 0 aliphatic heterocycles. The van der Waals surface area contributed by atoms with Gasteiger partial charge in [0.1, 0.15) is 17.2 Å². The molecule has 0 amide bonds. The Kier molecular flexibility index (Phi) is 4.56. The van der Waals surface area contributed by atoms with Crippen LogP contribution in [0.15, 0.2) is 22.6 Å². The molecule has 19 heavy (non-hydrogen) atoms. The Balaban J connectivity index is 1.95. The van der Waals surface area contributed by atoms with Gasteiger partial charge in [0.25, 0.3) is 0 Å². The van der Waals surface area contributed by atoms with Crippen molar-refractivity contribution in [2.45, 2.75) is 33.4 Å². The molecule has 0 spiro atoms. The van der Waals surface area contributed by atoms with Crippen molar-refractivity contribution in [3.8, 4) is 0 Å². The maximum absolute atomic E-state index is 13.2. The highest BCUT2D eigenvalue weighted by Crippen LogP contribution is 2.25. The third-order valence-corrected chi connectivity index (χ3v) is 3.14. The van der Waals surface area contributed by atoms with Gasteiger partial charge in [-0.3, -0.25) is 0 Å². The molecule has 0 saturated carbocycles. The first-order valence-electron chi connectivity index (χ1n) is 6.69. The zero-order valence-electron chi connectivity index (χ0n) is 11.7. The van der Waals surface area contributed by atoms with Crippen molar-refractivity contribution in [3.63, 3.8) is 0 Å². The summed E-state index contributed by atoms with van der Waals surface area (Å²) < 4.78 is 18.9. The fourth-order valence-electron chi connectivity index (χ4n) is 2.06. The van der Waals surface area contributed by atoms with Gasteiger partial charge >= 0.3 is 0 Å². The van der Waals surface area contributed by atoms with Crippen molar-refractivity contribution in [1.82, 2.24) is 10.6 Å². The summed E-state index contributed by atoms with van der Waals surface area (Å²) in [5.74, 6) is 0.655. The fourth-order valence-corrected chi connectivity index (χ4v) is 2.06. The van der Waals surface area contributed by atoms with Gasteiger partial charge in [-0.25, -0.2) is 4.39 Å². The van der Waals surface area contributed by atoms with Gasteiger partial charge < -0.3 is 15.1 Å². The molecule has 0 unspecified atom stereocenters. The first kappa shape index (κ1) is 14.0. The summed E-state index contributed by atoms with van der Waals surface area (Å²) in [6, 6.07) is 5.13. The number of aryl methyl sites for hydroxylation is 1. The minimum absolute atomic E-state index is 0.225. The summed E-state index contributed by atoms with van der Waals surface area (Å²) in [5.41, 5.74) is 1.76. The summed E-state index contributed by atoms with van der Waals surface area (Å²) in [6.07, 6.45) is 0. The van der Waals surface area contributed by atoms with Gasteiger partial charge in [-0.15, -0.1) is 0 Å². The minimum atomic E-state index is -0.225. The number of hydrogen-bond acceptors (Lipinski definition) is 3. The molecule has 3 nitrogen and oxygen atoms in total. The van der Waals surface area contributed by atoms with Crippen LogP contribution in [0.3, 0.4) is 0 Å². The van der Waals surface area contributed by atoms with Crippen LogP contribution in [0.2, 0.25) is 0 Å². The first-order chi connectivity index (χ1) is 9.08. The van der Waals surface area contributed by atoms with Gasteiger partial charge in [0.05, 0.1) is 6.54 Å². The summed E-state index contributed by atoms with van der Waals surface area (Å²) >= 11 is 0. The van der Waals surface area contributed by atoms with E-state index < -0.39 is 0 Å². The Hall–Kier alpha value is -1.39. The topological polar surface area (TPSA) is 37.2 Å². The van der Waals surface area contributed by atoms with Gasteiger partial charge in [-0.2, -0.15) is 0 Å². The van der Waals surface area contributed by atoms with Crippen LogP contribution >= 0.6 is 0 Å². The molecule has 0 aliphatic carbocycles. The Morgan fingerprint density at radius 1 is 1.26 bits per heavy atom. The maximum Gasteiger partial charge on any atom is 0.134 e. The maximum atomic E-state index is 13.2. The SMILES string of the molecule is Cc1c(CNCCNC(C)C)oc2ccc(F)cc12. The number of furan rings is 1. The minimum Gasteiger partial charge on any atom is -0.459 e. The monoisotopic (exact) mass is 264 g/mol. The smallest absolute Gasteiger partial charge is 0.134 e. The Morgan fingerprint density at radius 3 is 2.79 bits per heavy atom. The molecule has 0 atom stereocenters. The van der Waals surface area contributed by atoms with Crippen LogP contribution in [0.4, 0.5) is 4.39 Å². The molecule has 1 aromatic heterocycles. The average Bonchev–Trinajstić information content (AvgIpc) is 2.66. The van der Waals surface area contributed by atoms with E-state index in [9.17, 15) is 4.39 Å².